The van der Waals surface area contributed by atoms with E-state index >= 15 is 0 Å². The second kappa shape index (κ2) is 4.23. The summed E-state index contributed by atoms with van der Waals surface area (Å²) in [4.78, 5) is 5.26. The number of benzene rings is 1. The minimum Gasteiger partial charge on any atom is -0.376 e. The van der Waals surface area contributed by atoms with Gasteiger partial charge in [0, 0.05) is 17.5 Å². The Morgan fingerprint density at radius 3 is 2.94 bits per heavy atom. The van der Waals surface area contributed by atoms with Crippen LogP contribution in [0.2, 0.25) is 0 Å². The molecular formula is C12H12BrF2NO2. The topological polar surface area (TPSA) is 30.5 Å². The third kappa shape index (κ3) is 1.63. The molecule has 2 saturated heterocycles. The molecule has 18 heavy (non-hydrogen) atoms. The van der Waals surface area contributed by atoms with Crippen molar-refractivity contribution in [2.45, 2.75) is 18.6 Å². The summed E-state index contributed by atoms with van der Waals surface area (Å²) in [5, 5.41) is 0. The molecule has 1 N–H and O–H groups in total. The van der Waals surface area contributed by atoms with E-state index in [1.165, 1.54) is 6.07 Å². The smallest absolute Gasteiger partial charge is 0.140 e. The highest BCUT2D eigenvalue weighted by atomic mass is 79.9. The Bertz CT molecular complexity index is 499. The van der Waals surface area contributed by atoms with Crippen LogP contribution in [0.4, 0.5) is 8.78 Å². The standard InChI is InChI=1S/C12H12BrF2NO2/c1-6-8-4-18-16-12(8,5-17-6)7-2-9(13)11(15)3-10(7)14/h2-3,6,8,16H,4-5H2,1H3. The van der Waals surface area contributed by atoms with Gasteiger partial charge in [-0.1, -0.05) is 0 Å². The lowest BCUT2D eigenvalue weighted by Crippen LogP contribution is -2.43. The molecule has 3 nitrogen and oxygen atoms in total. The number of nitrogens with one attached hydrogen (secondary N) is 1. The highest BCUT2D eigenvalue weighted by Gasteiger charge is 2.54. The summed E-state index contributed by atoms with van der Waals surface area (Å²) >= 11 is 3.09. The van der Waals surface area contributed by atoms with Crippen molar-refractivity contribution in [3.05, 3.63) is 33.8 Å². The van der Waals surface area contributed by atoms with Gasteiger partial charge in [-0.15, -0.1) is 0 Å². The molecule has 0 saturated carbocycles. The number of hydroxylamine groups is 1. The van der Waals surface area contributed by atoms with Crippen LogP contribution in [-0.4, -0.2) is 19.3 Å². The summed E-state index contributed by atoms with van der Waals surface area (Å²) in [6, 6.07) is 2.34. The van der Waals surface area contributed by atoms with Crippen LogP contribution in [-0.2, 0) is 15.1 Å². The van der Waals surface area contributed by atoms with Crippen molar-refractivity contribution in [3.8, 4) is 0 Å². The highest BCUT2D eigenvalue weighted by molar-refractivity contribution is 9.10. The molecule has 98 valence electrons. The maximum absolute atomic E-state index is 14.0. The van der Waals surface area contributed by atoms with E-state index in [1.807, 2.05) is 6.92 Å². The molecule has 0 aliphatic carbocycles. The molecule has 2 aliphatic heterocycles. The van der Waals surface area contributed by atoms with E-state index in [1.54, 1.807) is 0 Å². The summed E-state index contributed by atoms with van der Waals surface area (Å²) in [6.45, 7) is 2.70. The fourth-order valence-corrected chi connectivity index (χ4v) is 3.07. The lowest BCUT2D eigenvalue weighted by atomic mass is 9.80. The number of rotatable bonds is 1. The first-order valence-electron chi connectivity index (χ1n) is 5.70. The molecule has 0 spiro atoms. The van der Waals surface area contributed by atoms with Crippen LogP contribution in [0.25, 0.3) is 0 Å². The minimum atomic E-state index is -0.722. The largest absolute Gasteiger partial charge is 0.376 e. The molecule has 0 radical (unpaired) electrons. The summed E-state index contributed by atoms with van der Waals surface area (Å²) in [6.07, 6.45) is -0.0248. The first-order chi connectivity index (χ1) is 8.54. The van der Waals surface area contributed by atoms with Gasteiger partial charge in [-0.25, -0.2) is 8.78 Å². The summed E-state index contributed by atoms with van der Waals surface area (Å²) < 4.78 is 33.1. The minimum absolute atomic E-state index is 0.0179. The number of halogens is 3. The van der Waals surface area contributed by atoms with Gasteiger partial charge in [-0.3, -0.25) is 0 Å². The Hall–Kier alpha value is -0.560. The van der Waals surface area contributed by atoms with Crippen LogP contribution in [0.1, 0.15) is 12.5 Å². The van der Waals surface area contributed by atoms with Crippen LogP contribution >= 0.6 is 15.9 Å². The Morgan fingerprint density at radius 1 is 1.39 bits per heavy atom. The SMILES string of the molecule is CC1OCC2(c3cc(Br)c(F)cc3F)NOCC12. The Balaban J connectivity index is 2.12. The van der Waals surface area contributed by atoms with E-state index in [0.717, 1.165) is 6.07 Å². The molecule has 1 aromatic carbocycles. The second-order valence-electron chi connectivity index (χ2n) is 4.75. The Labute approximate surface area is 112 Å². The summed E-state index contributed by atoms with van der Waals surface area (Å²) in [5.74, 6) is -1.18. The van der Waals surface area contributed by atoms with E-state index < -0.39 is 17.2 Å². The lowest BCUT2D eigenvalue weighted by molar-refractivity contribution is 0.00701. The third-order valence-electron chi connectivity index (χ3n) is 3.78. The monoisotopic (exact) mass is 319 g/mol. The third-order valence-corrected chi connectivity index (χ3v) is 4.39. The van der Waals surface area contributed by atoms with Crippen molar-refractivity contribution in [2.24, 2.45) is 5.92 Å². The van der Waals surface area contributed by atoms with Gasteiger partial charge in [-0.2, -0.15) is 5.48 Å². The molecule has 3 unspecified atom stereocenters. The first-order valence-corrected chi connectivity index (χ1v) is 6.49. The quantitative estimate of drug-likeness (QED) is 0.807. The van der Waals surface area contributed by atoms with Gasteiger partial charge >= 0.3 is 0 Å². The highest BCUT2D eigenvalue weighted by Crippen LogP contribution is 2.44. The zero-order chi connectivity index (χ0) is 12.9. The average molecular weight is 320 g/mol. The maximum atomic E-state index is 14.0. The van der Waals surface area contributed by atoms with E-state index in [2.05, 4.69) is 21.4 Å². The molecule has 0 aromatic heterocycles. The lowest BCUT2D eigenvalue weighted by Gasteiger charge is -2.27. The van der Waals surface area contributed by atoms with Gasteiger partial charge in [0.05, 0.1) is 23.8 Å². The number of hydrogen-bond acceptors (Lipinski definition) is 3. The molecule has 0 amide bonds. The van der Waals surface area contributed by atoms with Gasteiger partial charge < -0.3 is 9.57 Å². The van der Waals surface area contributed by atoms with E-state index in [0.29, 0.717) is 18.8 Å². The Kier molecular flexibility index (Phi) is 2.93. The fraction of sp³-hybridized carbons (Fsp3) is 0.500. The van der Waals surface area contributed by atoms with Crippen LogP contribution in [0.5, 0.6) is 0 Å². The molecule has 6 heteroatoms. The first kappa shape index (κ1) is 12.5. The number of hydrogen-bond donors (Lipinski definition) is 1. The summed E-state index contributed by atoms with van der Waals surface area (Å²) in [5.41, 5.74) is 2.51. The molecular weight excluding hydrogens is 308 g/mol. The molecule has 2 fully saturated rings. The normalized spacial score (nSPS) is 34.9. The van der Waals surface area contributed by atoms with Crippen molar-refractivity contribution < 1.29 is 18.4 Å². The number of fused-ring (bicyclic) bond motifs is 1. The van der Waals surface area contributed by atoms with Crippen LogP contribution in [0.15, 0.2) is 16.6 Å². The average Bonchev–Trinajstić information content (AvgIpc) is 2.86. The number of ether oxygens (including phenoxy) is 1. The fourth-order valence-electron chi connectivity index (χ4n) is 2.73. The molecule has 0 bridgehead atoms. The van der Waals surface area contributed by atoms with Crippen molar-refractivity contribution in [2.75, 3.05) is 13.2 Å². The van der Waals surface area contributed by atoms with Gasteiger partial charge in [-0.05, 0) is 28.9 Å². The van der Waals surface area contributed by atoms with Crippen molar-refractivity contribution in [1.82, 2.24) is 5.48 Å². The maximum Gasteiger partial charge on any atom is 0.140 e. The van der Waals surface area contributed by atoms with Crippen molar-refractivity contribution >= 4 is 15.9 Å². The van der Waals surface area contributed by atoms with Crippen LogP contribution < -0.4 is 5.48 Å². The predicted octanol–water partition coefficient (Wildman–Crippen LogP) is 2.49. The van der Waals surface area contributed by atoms with Crippen LogP contribution in [0.3, 0.4) is 0 Å². The van der Waals surface area contributed by atoms with Gasteiger partial charge in [0.25, 0.3) is 0 Å². The predicted molar refractivity (Wildman–Crippen MR) is 63.7 cm³/mol. The van der Waals surface area contributed by atoms with E-state index in [9.17, 15) is 8.78 Å². The summed E-state index contributed by atoms with van der Waals surface area (Å²) in [7, 11) is 0. The molecule has 3 rings (SSSR count). The van der Waals surface area contributed by atoms with Crippen LogP contribution in [0, 0.1) is 17.6 Å². The van der Waals surface area contributed by atoms with Crippen molar-refractivity contribution in [1.29, 1.82) is 0 Å². The molecule has 2 aliphatic rings. The zero-order valence-electron chi connectivity index (χ0n) is 9.67. The molecule has 1 aromatic rings. The zero-order valence-corrected chi connectivity index (χ0v) is 11.3. The second-order valence-corrected chi connectivity index (χ2v) is 5.61. The van der Waals surface area contributed by atoms with Gasteiger partial charge in [0.15, 0.2) is 0 Å². The molecule has 2 heterocycles. The Morgan fingerprint density at radius 2 is 2.17 bits per heavy atom. The van der Waals surface area contributed by atoms with E-state index in [4.69, 9.17) is 9.57 Å². The van der Waals surface area contributed by atoms with E-state index in [-0.39, 0.29) is 16.5 Å². The van der Waals surface area contributed by atoms with Gasteiger partial charge in [0.2, 0.25) is 0 Å². The van der Waals surface area contributed by atoms with Gasteiger partial charge in [0.1, 0.15) is 17.2 Å². The van der Waals surface area contributed by atoms with Crippen molar-refractivity contribution in [3.63, 3.8) is 0 Å². The molecule has 3 atom stereocenters.